The lowest BCUT2D eigenvalue weighted by molar-refractivity contribution is 0.346. The lowest BCUT2D eigenvalue weighted by atomic mass is 10.2. The van der Waals surface area contributed by atoms with Gasteiger partial charge in [-0.2, -0.15) is 0 Å². The molecule has 2 heterocycles. The van der Waals surface area contributed by atoms with Gasteiger partial charge in [0.25, 0.3) is 0 Å². The summed E-state index contributed by atoms with van der Waals surface area (Å²) in [5.41, 5.74) is 1.87. The molecular weight excluding hydrogens is 222 g/mol. The van der Waals surface area contributed by atoms with Crippen molar-refractivity contribution in [2.45, 2.75) is 25.8 Å². The average Bonchev–Trinajstić information content (AvgIpc) is 2.96. The highest BCUT2D eigenvalue weighted by molar-refractivity contribution is 7.09. The maximum atomic E-state index is 5.08. The van der Waals surface area contributed by atoms with Gasteiger partial charge in [0.05, 0.1) is 17.7 Å². The van der Waals surface area contributed by atoms with Crippen LogP contribution in [0.5, 0.6) is 0 Å². The second kappa shape index (κ2) is 5.77. The Bertz CT molecular complexity index is 385. The zero-order valence-electron chi connectivity index (χ0n) is 9.22. The summed E-state index contributed by atoms with van der Waals surface area (Å²) in [6, 6.07) is 2.12. The van der Waals surface area contributed by atoms with Crippen molar-refractivity contribution < 1.29 is 4.52 Å². The van der Waals surface area contributed by atoms with E-state index in [0.717, 1.165) is 25.1 Å². The Balaban J connectivity index is 1.65. The van der Waals surface area contributed by atoms with Crippen molar-refractivity contribution in [2.24, 2.45) is 0 Å². The van der Waals surface area contributed by atoms with Crippen molar-refractivity contribution in [1.29, 1.82) is 0 Å². The number of aryl methyl sites for hydroxylation is 1. The molecule has 5 heteroatoms. The van der Waals surface area contributed by atoms with E-state index in [1.807, 2.05) is 17.8 Å². The Labute approximate surface area is 98.7 Å². The Kier molecular flexibility index (Phi) is 4.07. The fourth-order valence-electron chi connectivity index (χ4n) is 1.50. The molecule has 4 nitrogen and oxygen atoms in total. The van der Waals surface area contributed by atoms with E-state index in [1.165, 1.54) is 4.88 Å². The van der Waals surface area contributed by atoms with E-state index in [0.29, 0.717) is 0 Å². The van der Waals surface area contributed by atoms with Gasteiger partial charge in [0.15, 0.2) is 5.76 Å². The third-order valence-electron chi connectivity index (χ3n) is 2.42. The number of thiazole rings is 1. The van der Waals surface area contributed by atoms with Crippen LogP contribution in [0.1, 0.15) is 30.0 Å². The summed E-state index contributed by atoms with van der Waals surface area (Å²) in [5.74, 6) is 0.887. The van der Waals surface area contributed by atoms with Crippen molar-refractivity contribution in [3.63, 3.8) is 0 Å². The molecule has 86 valence electrons. The second-order valence-corrected chi connectivity index (χ2v) is 4.63. The minimum atomic E-state index is 0.226. The van der Waals surface area contributed by atoms with E-state index >= 15 is 0 Å². The molecule has 0 aliphatic heterocycles. The van der Waals surface area contributed by atoms with Gasteiger partial charge in [-0.25, -0.2) is 0 Å². The Hall–Kier alpha value is -1.20. The molecule has 0 aliphatic rings. The van der Waals surface area contributed by atoms with Crippen LogP contribution in [0.2, 0.25) is 0 Å². The molecule has 2 rings (SSSR count). The first-order valence-electron chi connectivity index (χ1n) is 5.37. The molecule has 1 N–H and O–H groups in total. The van der Waals surface area contributed by atoms with Gasteiger partial charge in [-0.05, 0) is 26.3 Å². The molecule has 1 unspecified atom stereocenters. The van der Waals surface area contributed by atoms with Crippen LogP contribution in [-0.4, -0.2) is 16.7 Å². The lowest BCUT2D eigenvalue weighted by Gasteiger charge is -2.09. The maximum absolute atomic E-state index is 5.08. The first-order chi connectivity index (χ1) is 7.86. The second-order valence-electron chi connectivity index (χ2n) is 3.66. The molecule has 1 atom stereocenters. The fourth-order valence-corrected chi connectivity index (χ4v) is 2.14. The van der Waals surface area contributed by atoms with Crippen LogP contribution in [0.4, 0.5) is 0 Å². The largest absolute Gasteiger partial charge is 0.360 e. The van der Waals surface area contributed by atoms with Crippen LogP contribution in [-0.2, 0) is 6.42 Å². The molecular formula is C11H15N3OS. The molecule has 0 saturated heterocycles. The molecule has 16 heavy (non-hydrogen) atoms. The van der Waals surface area contributed by atoms with Crippen molar-refractivity contribution in [2.75, 3.05) is 6.54 Å². The van der Waals surface area contributed by atoms with Crippen LogP contribution in [0.15, 0.2) is 28.5 Å². The maximum Gasteiger partial charge on any atom is 0.153 e. The topological polar surface area (TPSA) is 51.0 Å². The van der Waals surface area contributed by atoms with E-state index in [-0.39, 0.29) is 6.04 Å². The van der Waals surface area contributed by atoms with Crippen LogP contribution < -0.4 is 5.32 Å². The van der Waals surface area contributed by atoms with E-state index in [2.05, 4.69) is 22.4 Å². The van der Waals surface area contributed by atoms with Crippen molar-refractivity contribution in [3.05, 3.63) is 34.6 Å². The Morgan fingerprint density at radius 3 is 3.19 bits per heavy atom. The first kappa shape index (κ1) is 11.3. The number of rotatable bonds is 6. The summed E-state index contributed by atoms with van der Waals surface area (Å²) >= 11 is 1.71. The minimum Gasteiger partial charge on any atom is -0.360 e. The zero-order valence-corrected chi connectivity index (χ0v) is 10.0. The summed E-state index contributed by atoms with van der Waals surface area (Å²) in [6.07, 6.45) is 5.80. The summed E-state index contributed by atoms with van der Waals surface area (Å²) in [5, 5.41) is 7.09. The number of nitrogens with one attached hydrogen (secondary N) is 1. The van der Waals surface area contributed by atoms with Crippen LogP contribution >= 0.6 is 11.3 Å². The highest BCUT2D eigenvalue weighted by atomic mass is 32.1. The summed E-state index contributed by atoms with van der Waals surface area (Å²) in [7, 11) is 0. The first-order valence-corrected chi connectivity index (χ1v) is 6.25. The van der Waals surface area contributed by atoms with Crippen molar-refractivity contribution in [3.8, 4) is 0 Å². The van der Waals surface area contributed by atoms with Gasteiger partial charge in [0, 0.05) is 17.1 Å². The molecule has 0 aliphatic carbocycles. The molecule has 0 amide bonds. The van der Waals surface area contributed by atoms with Gasteiger partial charge in [-0.3, -0.25) is 4.98 Å². The Morgan fingerprint density at radius 2 is 2.50 bits per heavy atom. The summed E-state index contributed by atoms with van der Waals surface area (Å²) in [4.78, 5) is 5.39. The monoisotopic (exact) mass is 237 g/mol. The zero-order chi connectivity index (χ0) is 11.2. The van der Waals surface area contributed by atoms with Crippen LogP contribution in [0.25, 0.3) is 0 Å². The Morgan fingerprint density at radius 1 is 1.56 bits per heavy atom. The van der Waals surface area contributed by atoms with E-state index in [4.69, 9.17) is 4.52 Å². The molecule has 0 aromatic carbocycles. The van der Waals surface area contributed by atoms with Crippen molar-refractivity contribution in [1.82, 2.24) is 15.5 Å². The molecule has 0 spiro atoms. The molecule has 2 aromatic rings. The van der Waals surface area contributed by atoms with Crippen molar-refractivity contribution >= 4 is 11.3 Å². The van der Waals surface area contributed by atoms with Gasteiger partial charge in [0.1, 0.15) is 0 Å². The predicted octanol–water partition coefficient (Wildman–Crippen LogP) is 2.41. The normalized spacial score (nSPS) is 12.8. The van der Waals surface area contributed by atoms with E-state index in [9.17, 15) is 0 Å². The predicted molar refractivity (Wildman–Crippen MR) is 63.4 cm³/mol. The molecule has 0 radical (unpaired) electrons. The molecule has 0 fully saturated rings. The third kappa shape index (κ3) is 3.15. The van der Waals surface area contributed by atoms with E-state index in [1.54, 1.807) is 17.5 Å². The van der Waals surface area contributed by atoms with Gasteiger partial charge in [-0.15, -0.1) is 11.3 Å². The standard InChI is InChI=1S/C11H15N3OS/c1-9(11-4-6-14-15-11)13-5-2-3-10-7-12-8-16-10/h4,6-9,13H,2-3,5H2,1H3. The quantitative estimate of drug-likeness (QED) is 0.784. The average molecular weight is 237 g/mol. The lowest BCUT2D eigenvalue weighted by Crippen LogP contribution is -2.19. The van der Waals surface area contributed by atoms with Gasteiger partial charge >= 0.3 is 0 Å². The summed E-state index contributed by atoms with van der Waals surface area (Å²) in [6.45, 7) is 3.05. The molecule has 0 bridgehead atoms. The van der Waals surface area contributed by atoms with Crippen LogP contribution in [0, 0.1) is 0 Å². The number of aromatic nitrogens is 2. The fraction of sp³-hybridized carbons (Fsp3) is 0.455. The van der Waals surface area contributed by atoms with Crippen LogP contribution in [0.3, 0.4) is 0 Å². The van der Waals surface area contributed by atoms with Gasteiger partial charge in [0.2, 0.25) is 0 Å². The highest BCUT2D eigenvalue weighted by Gasteiger charge is 2.07. The minimum absolute atomic E-state index is 0.226. The van der Waals surface area contributed by atoms with Gasteiger partial charge in [-0.1, -0.05) is 5.16 Å². The smallest absolute Gasteiger partial charge is 0.153 e. The molecule has 2 aromatic heterocycles. The number of hydrogen-bond acceptors (Lipinski definition) is 5. The summed E-state index contributed by atoms with van der Waals surface area (Å²) < 4.78 is 5.08. The number of hydrogen-bond donors (Lipinski definition) is 1. The van der Waals surface area contributed by atoms with E-state index < -0.39 is 0 Å². The molecule has 0 saturated carbocycles. The van der Waals surface area contributed by atoms with Gasteiger partial charge < -0.3 is 9.84 Å². The highest BCUT2D eigenvalue weighted by Crippen LogP contribution is 2.11. The number of nitrogens with zero attached hydrogens (tertiary/aromatic N) is 2. The third-order valence-corrected chi connectivity index (χ3v) is 3.26. The SMILES string of the molecule is CC(NCCCc1cncs1)c1ccno1.